The predicted octanol–water partition coefficient (Wildman–Crippen LogP) is 5.14. The standard InChI is InChI=1S/C35H36N2O6S/c1-22(2)26-12-14-27(15-13-26)32-31(34(39)42-18-17-40-4)23(3)36-35-37(32)33(38)30(44-35)20-25-11-16-28(29(19-25)41-5)43-21-24-9-7-6-8-10-24/h6-16,19-20,22,32H,17-18,21H2,1-5H3. The molecule has 1 aliphatic rings. The van der Waals surface area contributed by atoms with E-state index in [1.807, 2.05) is 78.9 Å². The second-order valence-corrected chi connectivity index (χ2v) is 11.7. The average Bonchev–Trinajstić information content (AvgIpc) is 3.33. The van der Waals surface area contributed by atoms with Crippen LogP contribution in [0.2, 0.25) is 0 Å². The van der Waals surface area contributed by atoms with Gasteiger partial charge in [0.15, 0.2) is 16.3 Å². The Bertz CT molecular complexity index is 1840. The minimum absolute atomic E-state index is 0.0996. The second-order valence-electron chi connectivity index (χ2n) is 10.7. The van der Waals surface area contributed by atoms with Crippen molar-refractivity contribution in [2.45, 2.75) is 39.3 Å². The number of esters is 1. The topological polar surface area (TPSA) is 88.4 Å². The maximum Gasteiger partial charge on any atom is 0.338 e. The molecule has 0 radical (unpaired) electrons. The number of carbonyl (C=O) groups excluding carboxylic acids is 1. The molecule has 1 aromatic heterocycles. The van der Waals surface area contributed by atoms with Gasteiger partial charge in [0, 0.05) is 7.11 Å². The number of ether oxygens (including phenoxy) is 4. The molecule has 1 atom stereocenters. The Morgan fingerprint density at radius 2 is 1.75 bits per heavy atom. The summed E-state index contributed by atoms with van der Waals surface area (Å²) in [5, 5.41) is 0. The normalized spacial score (nSPS) is 14.8. The fourth-order valence-corrected chi connectivity index (χ4v) is 6.08. The van der Waals surface area contributed by atoms with Crippen LogP contribution in [0.5, 0.6) is 11.5 Å². The quantitative estimate of drug-likeness (QED) is 0.172. The maximum absolute atomic E-state index is 14.0. The van der Waals surface area contributed by atoms with Gasteiger partial charge in [-0.3, -0.25) is 9.36 Å². The number of benzene rings is 3. The third-order valence-electron chi connectivity index (χ3n) is 7.40. The summed E-state index contributed by atoms with van der Waals surface area (Å²) in [7, 11) is 3.13. The number of hydrogen-bond donors (Lipinski definition) is 0. The van der Waals surface area contributed by atoms with Gasteiger partial charge in [-0.05, 0) is 53.3 Å². The zero-order valence-corrected chi connectivity index (χ0v) is 26.4. The zero-order chi connectivity index (χ0) is 31.2. The zero-order valence-electron chi connectivity index (χ0n) is 25.5. The van der Waals surface area contributed by atoms with Crippen LogP contribution in [0.3, 0.4) is 0 Å². The van der Waals surface area contributed by atoms with Crippen molar-refractivity contribution in [1.29, 1.82) is 0 Å². The van der Waals surface area contributed by atoms with Crippen molar-refractivity contribution < 1.29 is 23.7 Å². The third kappa shape index (κ3) is 6.69. The molecule has 0 fully saturated rings. The van der Waals surface area contributed by atoms with E-state index < -0.39 is 12.0 Å². The van der Waals surface area contributed by atoms with E-state index in [2.05, 4.69) is 18.8 Å². The number of aromatic nitrogens is 1. The minimum atomic E-state index is -0.687. The maximum atomic E-state index is 14.0. The second kappa shape index (κ2) is 13.9. The Morgan fingerprint density at radius 3 is 2.43 bits per heavy atom. The van der Waals surface area contributed by atoms with Crippen LogP contribution in [0.1, 0.15) is 55.0 Å². The molecule has 44 heavy (non-hydrogen) atoms. The molecule has 0 bridgehead atoms. The lowest BCUT2D eigenvalue weighted by Gasteiger charge is -2.25. The predicted molar refractivity (Wildman–Crippen MR) is 171 cm³/mol. The molecule has 228 valence electrons. The van der Waals surface area contributed by atoms with Gasteiger partial charge in [0.2, 0.25) is 0 Å². The Kier molecular flexibility index (Phi) is 9.77. The highest BCUT2D eigenvalue weighted by atomic mass is 32.1. The first-order valence-corrected chi connectivity index (χ1v) is 15.3. The van der Waals surface area contributed by atoms with Crippen LogP contribution >= 0.6 is 11.3 Å². The van der Waals surface area contributed by atoms with Crippen LogP contribution in [-0.2, 0) is 20.9 Å². The lowest BCUT2D eigenvalue weighted by molar-refractivity contribution is -0.140. The summed E-state index contributed by atoms with van der Waals surface area (Å²) in [5.41, 5.74) is 4.38. The molecule has 0 N–H and O–H groups in total. The van der Waals surface area contributed by atoms with Gasteiger partial charge in [0.25, 0.3) is 5.56 Å². The lowest BCUT2D eigenvalue weighted by Crippen LogP contribution is -2.40. The van der Waals surface area contributed by atoms with E-state index in [9.17, 15) is 9.59 Å². The van der Waals surface area contributed by atoms with Crippen molar-refractivity contribution in [2.75, 3.05) is 27.4 Å². The van der Waals surface area contributed by atoms with Crippen LogP contribution in [-0.4, -0.2) is 38.0 Å². The molecular formula is C35H36N2O6S. The van der Waals surface area contributed by atoms with Crippen molar-refractivity contribution in [3.05, 3.63) is 126 Å². The van der Waals surface area contributed by atoms with E-state index in [4.69, 9.17) is 18.9 Å². The lowest BCUT2D eigenvalue weighted by atomic mass is 9.93. The molecule has 1 unspecified atom stereocenters. The van der Waals surface area contributed by atoms with Gasteiger partial charge in [-0.1, -0.05) is 85.8 Å². The van der Waals surface area contributed by atoms with Crippen molar-refractivity contribution in [3.63, 3.8) is 0 Å². The van der Waals surface area contributed by atoms with Crippen LogP contribution in [0.15, 0.2) is 93.9 Å². The summed E-state index contributed by atoms with van der Waals surface area (Å²) >= 11 is 1.28. The van der Waals surface area contributed by atoms with Gasteiger partial charge < -0.3 is 18.9 Å². The number of rotatable bonds is 11. The SMILES string of the molecule is COCCOC(=O)C1=C(C)N=c2sc(=Cc3ccc(OCc4ccccc4)c(OC)c3)c(=O)n2C1c1ccc(C(C)C)cc1. The Balaban J connectivity index is 1.54. The summed E-state index contributed by atoms with van der Waals surface area (Å²) in [4.78, 5) is 32.6. The average molecular weight is 613 g/mol. The number of carbonyl (C=O) groups is 1. The first-order chi connectivity index (χ1) is 21.3. The first kappa shape index (κ1) is 31.0. The summed E-state index contributed by atoms with van der Waals surface area (Å²) in [6, 6.07) is 22.8. The molecule has 0 aliphatic carbocycles. The van der Waals surface area contributed by atoms with E-state index in [-0.39, 0.29) is 18.8 Å². The van der Waals surface area contributed by atoms with Gasteiger partial charge in [-0.25, -0.2) is 9.79 Å². The van der Waals surface area contributed by atoms with E-state index in [1.54, 1.807) is 25.7 Å². The largest absolute Gasteiger partial charge is 0.493 e. The number of allylic oxidation sites excluding steroid dienone is 1. The van der Waals surface area contributed by atoms with Gasteiger partial charge in [-0.2, -0.15) is 0 Å². The fraction of sp³-hybridized carbons (Fsp3) is 0.286. The van der Waals surface area contributed by atoms with Crippen molar-refractivity contribution in [1.82, 2.24) is 4.57 Å². The third-order valence-corrected chi connectivity index (χ3v) is 8.39. The van der Waals surface area contributed by atoms with Crippen molar-refractivity contribution in [2.24, 2.45) is 4.99 Å². The van der Waals surface area contributed by atoms with E-state index >= 15 is 0 Å². The Morgan fingerprint density at radius 1 is 1.00 bits per heavy atom. The number of methoxy groups -OCH3 is 2. The molecule has 3 aromatic carbocycles. The number of thiazole rings is 1. The van der Waals surface area contributed by atoms with Gasteiger partial charge >= 0.3 is 5.97 Å². The van der Waals surface area contributed by atoms with Crippen LogP contribution < -0.4 is 24.4 Å². The monoisotopic (exact) mass is 612 g/mol. The van der Waals surface area contributed by atoms with Crippen molar-refractivity contribution in [3.8, 4) is 11.5 Å². The molecule has 0 amide bonds. The summed E-state index contributed by atoms with van der Waals surface area (Å²) in [5.74, 6) is 0.981. The number of fused-ring (bicyclic) bond motifs is 1. The fourth-order valence-electron chi connectivity index (χ4n) is 5.04. The molecular weight excluding hydrogens is 576 g/mol. The molecule has 0 saturated heterocycles. The van der Waals surface area contributed by atoms with E-state index in [1.165, 1.54) is 11.3 Å². The summed E-state index contributed by atoms with van der Waals surface area (Å²) in [6.07, 6.45) is 1.81. The van der Waals surface area contributed by atoms with E-state index in [0.717, 1.165) is 22.3 Å². The van der Waals surface area contributed by atoms with Gasteiger partial charge in [-0.15, -0.1) is 0 Å². The minimum Gasteiger partial charge on any atom is -0.493 e. The Hall–Kier alpha value is -4.47. The van der Waals surface area contributed by atoms with E-state index in [0.29, 0.717) is 44.6 Å². The van der Waals surface area contributed by atoms with Crippen molar-refractivity contribution >= 4 is 23.4 Å². The molecule has 9 heteroatoms. The Labute approximate surface area is 260 Å². The van der Waals surface area contributed by atoms with Gasteiger partial charge in [0.1, 0.15) is 13.2 Å². The highest BCUT2D eigenvalue weighted by Gasteiger charge is 2.33. The first-order valence-electron chi connectivity index (χ1n) is 14.4. The molecule has 5 rings (SSSR count). The van der Waals surface area contributed by atoms with Crippen LogP contribution in [0.4, 0.5) is 0 Å². The van der Waals surface area contributed by atoms with Crippen LogP contribution in [0.25, 0.3) is 6.08 Å². The highest BCUT2D eigenvalue weighted by molar-refractivity contribution is 7.07. The molecule has 1 aliphatic heterocycles. The molecule has 8 nitrogen and oxygen atoms in total. The summed E-state index contributed by atoms with van der Waals surface area (Å²) < 4.78 is 24.3. The van der Waals surface area contributed by atoms with Gasteiger partial charge in [0.05, 0.1) is 35.6 Å². The molecule has 2 heterocycles. The smallest absolute Gasteiger partial charge is 0.338 e. The molecule has 0 saturated carbocycles. The van der Waals surface area contributed by atoms with Crippen LogP contribution in [0, 0.1) is 0 Å². The molecule has 4 aromatic rings. The number of hydrogen-bond acceptors (Lipinski definition) is 8. The molecule has 0 spiro atoms. The summed E-state index contributed by atoms with van der Waals surface area (Å²) in [6.45, 7) is 6.80. The highest BCUT2D eigenvalue weighted by Crippen LogP contribution is 2.32. The number of nitrogens with zero attached hydrogens (tertiary/aromatic N) is 2.